The smallest absolute Gasteiger partial charge is 0.133 e. The highest BCUT2D eigenvalue weighted by molar-refractivity contribution is 5.78. The summed E-state index contributed by atoms with van der Waals surface area (Å²) in [6.07, 6.45) is 11.4. The van der Waals surface area contributed by atoms with Crippen LogP contribution in [-0.4, -0.2) is 5.78 Å². The summed E-state index contributed by atoms with van der Waals surface area (Å²) < 4.78 is 0. The Bertz CT molecular complexity index is 264. The van der Waals surface area contributed by atoms with Crippen molar-refractivity contribution in [3.8, 4) is 0 Å². The monoisotopic (exact) mass is 190 g/mol. The van der Waals surface area contributed by atoms with E-state index in [1.54, 1.807) is 0 Å². The van der Waals surface area contributed by atoms with E-state index in [2.05, 4.69) is 18.7 Å². The summed E-state index contributed by atoms with van der Waals surface area (Å²) in [6, 6.07) is 0. The molecule has 0 spiro atoms. The lowest BCUT2D eigenvalue weighted by Gasteiger charge is -2.16. The van der Waals surface area contributed by atoms with Gasteiger partial charge in [-0.1, -0.05) is 18.2 Å². The van der Waals surface area contributed by atoms with Gasteiger partial charge in [0.05, 0.1) is 0 Å². The summed E-state index contributed by atoms with van der Waals surface area (Å²) in [7, 11) is 0. The van der Waals surface area contributed by atoms with Gasteiger partial charge in [0.2, 0.25) is 0 Å². The molecule has 0 aliphatic heterocycles. The molecule has 0 saturated heterocycles. The van der Waals surface area contributed by atoms with Gasteiger partial charge in [0, 0.05) is 12.8 Å². The number of carbonyl (C=O) groups excluding carboxylic acids is 1. The second kappa shape index (κ2) is 4.12. The van der Waals surface area contributed by atoms with Crippen molar-refractivity contribution in [3.63, 3.8) is 0 Å². The van der Waals surface area contributed by atoms with Crippen LogP contribution in [0.15, 0.2) is 24.8 Å². The van der Waals surface area contributed by atoms with Crippen molar-refractivity contribution in [2.45, 2.75) is 32.1 Å². The van der Waals surface area contributed by atoms with Crippen LogP contribution in [0.3, 0.4) is 0 Å². The quantitative estimate of drug-likeness (QED) is 0.609. The largest absolute Gasteiger partial charge is 0.300 e. The number of rotatable bonds is 5. The first-order valence-corrected chi connectivity index (χ1v) is 5.60. The predicted molar refractivity (Wildman–Crippen MR) is 57.9 cm³/mol. The van der Waals surface area contributed by atoms with E-state index in [0.29, 0.717) is 24.0 Å². The molecule has 14 heavy (non-hydrogen) atoms. The van der Waals surface area contributed by atoms with Crippen molar-refractivity contribution in [1.82, 2.24) is 0 Å². The van der Waals surface area contributed by atoms with E-state index in [4.69, 9.17) is 0 Å². The maximum atomic E-state index is 11.6. The Morgan fingerprint density at radius 2 is 2.29 bits per heavy atom. The molecule has 1 nitrogen and oxygen atoms in total. The van der Waals surface area contributed by atoms with Crippen molar-refractivity contribution in [2.75, 3.05) is 0 Å². The third kappa shape index (κ3) is 1.97. The molecule has 1 heteroatoms. The molecule has 0 N–H and O–H groups in total. The van der Waals surface area contributed by atoms with E-state index in [1.807, 2.05) is 6.08 Å². The fourth-order valence-corrected chi connectivity index (χ4v) is 2.79. The first-order chi connectivity index (χ1) is 6.79. The van der Waals surface area contributed by atoms with Crippen LogP contribution in [0.25, 0.3) is 0 Å². The molecule has 0 aromatic carbocycles. The van der Waals surface area contributed by atoms with E-state index >= 15 is 0 Å². The van der Waals surface area contributed by atoms with Crippen molar-refractivity contribution in [3.05, 3.63) is 24.8 Å². The Labute approximate surface area is 85.9 Å². The van der Waals surface area contributed by atoms with Crippen LogP contribution in [-0.2, 0) is 4.79 Å². The zero-order valence-electron chi connectivity index (χ0n) is 8.61. The minimum atomic E-state index is 0.427. The number of Topliss-reactive ketones (excluding diaryl/α,β-unsaturated/α-hetero) is 1. The van der Waals surface area contributed by atoms with Gasteiger partial charge in [-0.05, 0) is 37.0 Å². The molecule has 0 amide bonds. The molecule has 1 unspecified atom stereocenters. The molecular weight excluding hydrogens is 172 g/mol. The summed E-state index contributed by atoms with van der Waals surface area (Å²) >= 11 is 0. The fourth-order valence-electron chi connectivity index (χ4n) is 2.79. The molecule has 0 heterocycles. The molecule has 2 bridgehead atoms. The Kier molecular flexibility index (Phi) is 2.85. The topological polar surface area (TPSA) is 17.1 Å². The zero-order valence-corrected chi connectivity index (χ0v) is 8.61. The number of carbonyl (C=O) groups is 1. The van der Waals surface area contributed by atoms with Crippen LogP contribution in [0.2, 0.25) is 0 Å². The van der Waals surface area contributed by atoms with Crippen molar-refractivity contribution >= 4 is 5.78 Å². The molecule has 2 rings (SSSR count). The van der Waals surface area contributed by atoms with E-state index < -0.39 is 0 Å². The fraction of sp³-hybridized carbons (Fsp3) is 0.615. The van der Waals surface area contributed by atoms with Gasteiger partial charge in [-0.3, -0.25) is 4.79 Å². The molecule has 0 aromatic heterocycles. The lowest BCUT2D eigenvalue weighted by Crippen LogP contribution is -2.12. The Hall–Kier alpha value is -0.850. The van der Waals surface area contributed by atoms with Crippen LogP contribution in [0, 0.1) is 17.8 Å². The van der Waals surface area contributed by atoms with Crippen LogP contribution >= 0.6 is 0 Å². The van der Waals surface area contributed by atoms with Gasteiger partial charge in [0.1, 0.15) is 5.78 Å². The number of fused-ring (bicyclic) bond motifs is 2. The summed E-state index contributed by atoms with van der Waals surface area (Å²) in [4.78, 5) is 11.6. The number of allylic oxidation sites excluding steroid dienone is 3. The highest BCUT2D eigenvalue weighted by Gasteiger charge is 2.36. The van der Waals surface area contributed by atoms with Gasteiger partial charge in [-0.2, -0.15) is 0 Å². The van der Waals surface area contributed by atoms with Gasteiger partial charge in [-0.25, -0.2) is 0 Å². The lowest BCUT2D eigenvalue weighted by molar-refractivity contribution is -0.120. The first-order valence-electron chi connectivity index (χ1n) is 5.60. The standard InChI is InChI=1S/C13H18O/c1-2-3-4-13(14)9-12-8-10-5-6-11(12)7-10/h2,5-6,10-12H,1,3-4,7-9H2/t10-,11+,12?/m1/s1. The van der Waals surface area contributed by atoms with Crippen LogP contribution in [0.1, 0.15) is 32.1 Å². The summed E-state index contributed by atoms with van der Waals surface area (Å²) in [5, 5.41) is 0. The Morgan fingerprint density at radius 3 is 2.86 bits per heavy atom. The highest BCUT2D eigenvalue weighted by Crippen LogP contribution is 2.45. The van der Waals surface area contributed by atoms with Gasteiger partial charge in [-0.15, -0.1) is 6.58 Å². The Morgan fingerprint density at radius 1 is 1.43 bits per heavy atom. The van der Waals surface area contributed by atoms with Gasteiger partial charge < -0.3 is 0 Å². The van der Waals surface area contributed by atoms with E-state index in [0.717, 1.165) is 18.8 Å². The maximum absolute atomic E-state index is 11.6. The summed E-state index contributed by atoms with van der Waals surface area (Å²) in [5.41, 5.74) is 0. The second-order valence-corrected chi connectivity index (χ2v) is 4.61. The van der Waals surface area contributed by atoms with Crippen molar-refractivity contribution < 1.29 is 4.79 Å². The third-order valence-electron chi connectivity index (χ3n) is 3.53. The highest BCUT2D eigenvalue weighted by atomic mass is 16.1. The lowest BCUT2D eigenvalue weighted by atomic mass is 9.88. The predicted octanol–water partition coefficient (Wildman–Crippen LogP) is 3.12. The second-order valence-electron chi connectivity index (χ2n) is 4.61. The van der Waals surface area contributed by atoms with Crippen molar-refractivity contribution in [1.29, 1.82) is 0 Å². The van der Waals surface area contributed by atoms with Crippen LogP contribution < -0.4 is 0 Å². The molecule has 3 atom stereocenters. The average Bonchev–Trinajstić information content (AvgIpc) is 2.76. The molecule has 0 aromatic rings. The molecule has 2 aliphatic carbocycles. The first kappa shape index (κ1) is 9.70. The molecule has 1 saturated carbocycles. The van der Waals surface area contributed by atoms with Crippen LogP contribution in [0.4, 0.5) is 0 Å². The molecule has 1 fully saturated rings. The molecule has 76 valence electrons. The minimum absolute atomic E-state index is 0.427. The van der Waals surface area contributed by atoms with E-state index in [9.17, 15) is 4.79 Å². The van der Waals surface area contributed by atoms with E-state index in [1.165, 1.54) is 12.8 Å². The maximum Gasteiger partial charge on any atom is 0.133 e. The van der Waals surface area contributed by atoms with Crippen molar-refractivity contribution in [2.24, 2.45) is 17.8 Å². The Balaban J connectivity index is 1.78. The SMILES string of the molecule is C=CCCC(=O)CC1C[C@@H]2C=C[C@H]1C2. The minimum Gasteiger partial charge on any atom is -0.300 e. The molecule has 0 radical (unpaired) electrons. The molecular formula is C13H18O. The van der Waals surface area contributed by atoms with E-state index in [-0.39, 0.29) is 0 Å². The van der Waals surface area contributed by atoms with Gasteiger partial charge in [0.15, 0.2) is 0 Å². The normalized spacial score (nSPS) is 33.6. The summed E-state index contributed by atoms with van der Waals surface area (Å²) in [5.74, 6) is 2.59. The summed E-state index contributed by atoms with van der Waals surface area (Å²) in [6.45, 7) is 3.64. The number of ketones is 1. The molecule has 2 aliphatic rings. The zero-order chi connectivity index (χ0) is 9.97. The van der Waals surface area contributed by atoms with Crippen LogP contribution in [0.5, 0.6) is 0 Å². The van der Waals surface area contributed by atoms with Gasteiger partial charge in [0.25, 0.3) is 0 Å². The van der Waals surface area contributed by atoms with Gasteiger partial charge >= 0.3 is 0 Å². The average molecular weight is 190 g/mol. The number of hydrogen-bond acceptors (Lipinski definition) is 1. The number of hydrogen-bond donors (Lipinski definition) is 0. The third-order valence-corrected chi connectivity index (χ3v) is 3.53.